The normalized spacial score (nSPS) is 26.6. The number of hydrogen-bond acceptors (Lipinski definition) is 3. The molecule has 0 radical (unpaired) electrons. The summed E-state index contributed by atoms with van der Waals surface area (Å²) < 4.78 is 32.3. The number of carbonyl (C=O) groups is 2. The molecule has 0 saturated carbocycles. The molecule has 0 N–H and O–H groups in total. The monoisotopic (exact) mass is 352 g/mol. The van der Waals surface area contributed by atoms with Crippen molar-refractivity contribution >= 4 is 11.8 Å². The second-order valence-corrected chi connectivity index (χ2v) is 6.72. The molecule has 0 aromatic heterocycles. The maximum Gasteiger partial charge on any atom is 0.254 e. The average Bonchev–Trinajstić information content (AvgIpc) is 2.57. The van der Waals surface area contributed by atoms with Gasteiger partial charge in [-0.3, -0.25) is 9.59 Å². The Morgan fingerprint density at radius 1 is 1.24 bits per heavy atom. The summed E-state index contributed by atoms with van der Waals surface area (Å²) in [6.07, 6.45) is -1.56. The highest BCUT2D eigenvalue weighted by atomic mass is 19.3. The number of benzene rings is 1. The number of likely N-dealkylation sites (tertiary alicyclic amines) is 1. The number of aryl methyl sites for hydroxylation is 1. The Labute approximate surface area is 145 Å². The summed E-state index contributed by atoms with van der Waals surface area (Å²) in [4.78, 5) is 28.0. The first kappa shape index (κ1) is 17.8. The van der Waals surface area contributed by atoms with E-state index in [4.69, 9.17) is 4.74 Å². The molecule has 2 saturated heterocycles. The summed E-state index contributed by atoms with van der Waals surface area (Å²) in [5.74, 6) is -3.25. The molecule has 2 atom stereocenters. The van der Waals surface area contributed by atoms with Gasteiger partial charge in [0, 0.05) is 33.0 Å². The van der Waals surface area contributed by atoms with Crippen LogP contribution in [0.1, 0.15) is 30.0 Å². The van der Waals surface area contributed by atoms with Crippen molar-refractivity contribution in [2.45, 2.75) is 37.8 Å². The van der Waals surface area contributed by atoms with Crippen molar-refractivity contribution in [2.24, 2.45) is 0 Å². The number of nitrogens with zero attached hydrogens (tertiary/aromatic N) is 2. The second-order valence-electron chi connectivity index (χ2n) is 6.72. The van der Waals surface area contributed by atoms with Gasteiger partial charge in [0.2, 0.25) is 5.91 Å². The van der Waals surface area contributed by atoms with Crippen molar-refractivity contribution in [3.63, 3.8) is 0 Å². The lowest BCUT2D eigenvalue weighted by molar-refractivity contribution is -0.170. The third-order valence-corrected chi connectivity index (χ3v) is 5.04. The first-order valence-corrected chi connectivity index (χ1v) is 8.39. The Morgan fingerprint density at radius 3 is 2.52 bits per heavy atom. The van der Waals surface area contributed by atoms with Crippen molar-refractivity contribution in [2.75, 3.05) is 26.7 Å². The number of morpholine rings is 1. The smallest absolute Gasteiger partial charge is 0.254 e. The lowest BCUT2D eigenvalue weighted by Crippen LogP contribution is -2.55. The number of hydrogen-bond donors (Lipinski definition) is 0. The first-order chi connectivity index (χ1) is 11.8. The molecule has 0 aliphatic carbocycles. The minimum atomic E-state index is -2.72. The number of rotatable bonds is 2. The summed E-state index contributed by atoms with van der Waals surface area (Å²) in [6, 6.07) is 6.94. The van der Waals surface area contributed by atoms with Crippen LogP contribution in [0.2, 0.25) is 0 Å². The van der Waals surface area contributed by atoms with Crippen LogP contribution in [-0.2, 0) is 14.3 Å². The van der Waals surface area contributed by atoms with Crippen LogP contribution in [0.3, 0.4) is 0 Å². The molecule has 2 amide bonds. The molecule has 7 heteroatoms. The van der Waals surface area contributed by atoms with Crippen LogP contribution >= 0.6 is 0 Å². The van der Waals surface area contributed by atoms with Crippen LogP contribution in [0.5, 0.6) is 0 Å². The number of halogens is 2. The number of carbonyl (C=O) groups excluding carboxylic acids is 2. The molecule has 0 unspecified atom stereocenters. The molecule has 1 aromatic carbocycles. The lowest BCUT2D eigenvalue weighted by Gasteiger charge is -2.42. The third kappa shape index (κ3) is 3.51. The average molecular weight is 352 g/mol. The molecule has 2 aliphatic rings. The van der Waals surface area contributed by atoms with E-state index in [1.165, 1.54) is 9.80 Å². The van der Waals surface area contributed by atoms with Gasteiger partial charge in [-0.15, -0.1) is 0 Å². The minimum absolute atomic E-state index is 0.00382. The number of ether oxygens (including phenoxy) is 1. The molecular formula is C18H22F2N2O3. The van der Waals surface area contributed by atoms with Gasteiger partial charge in [0.1, 0.15) is 6.61 Å². The maximum atomic E-state index is 13.4. The van der Waals surface area contributed by atoms with E-state index in [0.717, 1.165) is 11.1 Å². The van der Waals surface area contributed by atoms with Crippen molar-refractivity contribution in [1.29, 1.82) is 0 Å². The fraction of sp³-hybridized carbons (Fsp3) is 0.556. The molecule has 5 nitrogen and oxygen atoms in total. The Morgan fingerprint density at radius 2 is 1.88 bits per heavy atom. The number of likely N-dealkylation sites (N-methyl/N-ethyl adjacent to an activating group) is 1. The maximum absolute atomic E-state index is 13.4. The standard InChI is InChI=1S/C18H22F2N2O3/c1-12-5-3-4-6-13(12)15-16(25-11-14(23)21(15)2)17(24)22-9-7-18(19,20)8-10-22/h3-6,15-16H,7-11H2,1-2H3/t15-,16+/m1/s1. The molecule has 1 aromatic rings. The van der Waals surface area contributed by atoms with E-state index < -0.39 is 18.1 Å². The van der Waals surface area contributed by atoms with Crippen LogP contribution in [0, 0.1) is 6.92 Å². The Hall–Kier alpha value is -2.02. The van der Waals surface area contributed by atoms with Gasteiger partial charge in [0.15, 0.2) is 6.10 Å². The van der Waals surface area contributed by atoms with Gasteiger partial charge in [-0.1, -0.05) is 24.3 Å². The summed E-state index contributed by atoms with van der Waals surface area (Å²) in [5.41, 5.74) is 1.78. The van der Waals surface area contributed by atoms with Crippen molar-refractivity contribution in [3.05, 3.63) is 35.4 Å². The molecular weight excluding hydrogens is 330 g/mol. The van der Waals surface area contributed by atoms with E-state index in [1.807, 2.05) is 31.2 Å². The van der Waals surface area contributed by atoms with Crippen LogP contribution in [0.15, 0.2) is 24.3 Å². The number of amides is 2. The fourth-order valence-electron chi connectivity index (χ4n) is 3.44. The van der Waals surface area contributed by atoms with E-state index in [1.54, 1.807) is 7.05 Å². The van der Waals surface area contributed by atoms with E-state index in [9.17, 15) is 18.4 Å². The lowest BCUT2D eigenvalue weighted by atomic mass is 9.93. The van der Waals surface area contributed by atoms with E-state index >= 15 is 0 Å². The summed E-state index contributed by atoms with van der Waals surface area (Å²) in [7, 11) is 1.65. The first-order valence-electron chi connectivity index (χ1n) is 8.39. The molecule has 0 bridgehead atoms. The summed E-state index contributed by atoms with van der Waals surface area (Å²) >= 11 is 0. The predicted molar refractivity (Wildman–Crippen MR) is 87.2 cm³/mol. The van der Waals surface area contributed by atoms with Gasteiger partial charge in [-0.05, 0) is 18.1 Å². The van der Waals surface area contributed by atoms with Gasteiger partial charge >= 0.3 is 0 Å². The van der Waals surface area contributed by atoms with E-state index in [-0.39, 0.29) is 44.4 Å². The van der Waals surface area contributed by atoms with Crippen LogP contribution < -0.4 is 0 Å². The largest absolute Gasteiger partial charge is 0.356 e. The zero-order valence-electron chi connectivity index (χ0n) is 14.4. The van der Waals surface area contributed by atoms with Crippen LogP contribution in [0.4, 0.5) is 8.78 Å². The highest BCUT2D eigenvalue weighted by molar-refractivity contribution is 5.86. The zero-order valence-corrected chi connectivity index (χ0v) is 14.4. The van der Waals surface area contributed by atoms with Gasteiger partial charge < -0.3 is 14.5 Å². The van der Waals surface area contributed by atoms with Crippen LogP contribution in [0.25, 0.3) is 0 Å². The molecule has 25 heavy (non-hydrogen) atoms. The molecule has 2 aliphatic heterocycles. The van der Waals surface area contributed by atoms with Crippen molar-refractivity contribution in [1.82, 2.24) is 9.80 Å². The summed E-state index contributed by atoms with van der Waals surface area (Å²) in [5, 5.41) is 0. The number of alkyl halides is 2. The van der Waals surface area contributed by atoms with E-state index in [2.05, 4.69) is 0 Å². The van der Waals surface area contributed by atoms with Crippen molar-refractivity contribution in [3.8, 4) is 0 Å². The molecule has 136 valence electrons. The highest BCUT2D eigenvalue weighted by Gasteiger charge is 2.44. The highest BCUT2D eigenvalue weighted by Crippen LogP contribution is 2.34. The fourth-order valence-corrected chi connectivity index (χ4v) is 3.44. The molecule has 2 fully saturated rings. The Kier molecular flexibility index (Phi) is 4.77. The minimum Gasteiger partial charge on any atom is -0.356 e. The molecule has 0 spiro atoms. The van der Waals surface area contributed by atoms with Gasteiger partial charge in [0.25, 0.3) is 11.8 Å². The molecule has 2 heterocycles. The van der Waals surface area contributed by atoms with Crippen LogP contribution in [-0.4, -0.2) is 60.4 Å². The third-order valence-electron chi connectivity index (χ3n) is 5.04. The predicted octanol–water partition coefficient (Wildman–Crippen LogP) is 2.15. The zero-order chi connectivity index (χ0) is 18.2. The topological polar surface area (TPSA) is 49.9 Å². The SMILES string of the molecule is Cc1ccccc1[C@@H]1[C@@H](C(=O)N2CCC(F)(F)CC2)OCC(=O)N1C. The van der Waals surface area contributed by atoms with Crippen molar-refractivity contribution < 1.29 is 23.1 Å². The second kappa shape index (κ2) is 6.71. The number of piperidine rings is 1. The van der Waals surface area contributed by atoms with Gasteiger partial charge in [-0.2, -0.15) is 0 Å². The Bertz CT molecular complexity index is 670. The molecule has 3 rings (SSSR count). The quantitative estimate of drug-likeness (QED) is 0.820. The Balaban J connectivity index is 1.86. The summed E-state index contributed by atoms with van der Waals surface area (Å²) in [6.45, 7) is 1.73. The van der Waals surface area contributed by atoms with Gasteiger partial charge in [0.05, 0.1) is 6.04 Å². The van der Waals surface area contributed by atoms with Gasteiger partial charge in [-0.25, -0.2) is 8.78 Å². The van der Waals surface area contributed by atoms with E-state index in [0.29, 0.717) is 0 Å².